The molecule has 0 amide bonds. The van der Waals surface area contributed by atoms with E-state index in [0.29, 0.717) is 5.82 Å². The van der Waals surface area contributed by atoms with E-state index in [4.69, 9.17) is 5.11 Å². The van der Waals surface area contributed by atoms with Crippen LogP contribution in [0.1, 0.15) is 5.82 Å². The number of hydrogen-bond acceptors (Lipinski definition) is 3. The minimum Gasteiger partial charge on any atom is -0.388 e. The van der Waals surface area contributed by atoms with Crippen molar-refractivity contribution < 1.29 is 5.11 Å². The van der Waals surface area contributed by atoms with Gasteiger partial charge in [0, 0.05) is 11.8 Å². The second-order valence-electron chi connectivity index (χ2n) is 4.08. The van der Waals surface area contributed by atoms with Gasteiger partial charge in [0.2, 0.25) is 0 Å². The van der Waals surface area contributed by atoms with E-state index in [-0.39, 0.29) is 6.61 Å². The Bertz CT molecular complexity index is 695. The molecule has 3 heteroatoms. The zero-order chi connectivity index (χ0) is 12.4. The molecule has 1 aromatic heterocycles. The van der Waals surface area contributed by atoms with E-state index in [1.54, 1.807) is 6.20 Å². The summed E-state index contributed by atoms with van der Waals surface area (Å²) in [5, 5.41) is 11.4. The van der Waals surface area contributed by atoms with Crippen molar-refractivity contribution in [3.8, 4) is 11.3 Å². The van der Waals surface area contributed by atoms with Crippen molar-refractivity contribution in [2.24, 2.45) is 0 Å². The SMILES string of the molecule is OCc1nccc(-c2ccc3ccccc3c2)n1. The molecule has 0 fully saturated rings. The van der Waals surface area contributed by atoms with E-state index in [1.807, 2.05) is 24.3 Å². The summed E-state index contributed by atoms with van der Waals surface area (Å²) in [4.78, 5) is 8.29. The van der Waals surface area contributed by atoms with Gasteiger partial charge < -0.3 is 5.11 Å². The van der Waals surface area contributed by atoms with Crippen LogP contribution in [0.4, 0.5) is 0 Å². The third-order valence-corrected chi connectivity index (χ3v) is 2.89. The summed E-state index contributed by atoms with van der Waals surface area (Å²) < 4.78 is 0. The van der Waals surface area contributed by atoms with Crippen LogP contribution in [0, 0.1) is 0 Å². The summed E-state index contributed by atoms with van der Waals surface area (Å²) >= 11 is 0. The number of aliphatic hydroxyl groups excluding tert-OH is 1. The van der Waals surface area contributed by atoms with Crippen LogP contribution in [0.5, 0.6) is 0 Å². The lowest BCUT2D eigenvalue weighted by atomic mass is 10.1. The van der Waals surface area contributed by atoms with Crippen molar-refractivity contribution in [3.05, 3.63) is 60.6 Å². The Morgan fingerprint density at radius 1 is 0.944 bits per heavy atom. The molecule has 0 aliphatic heterocycles. The normalized spacial score (nSPS) is 10.7. The first-order valence-electron chi connectivity index (χ1n) is 5.79. The molecule has 0 spiro atoms. The van der Waals surface area contributed by atoms with Crippen LogP contribution in [0.2, 0.25) is 0 Å². The van der Waals surface area contributed by atoms with Gasteiger partial charge in [-0.15, -0.1) is 0 Å². The van der Waals surface area contributed by atoms with Gasteiger partial charge >= 0.3 is 0 Å². The van der Waals surface area contributed by atoms with E-state index in [1.165, 1.54) is 10.8 Å². The molecule has 88 valence electrons. The third kappa shape index (κ3) is 1.96. The molecule has 0 aliphatic carbocycles. The van der Waals surface area contributed by atoms with Crippen LogP contribution in [0.25, 0.3) is 22.0 Å². The summed E-state index contributed by atoms with van der Waals surface area (Å²) in [6, 6.07) is 16.3. The average Bonchev–Trinajstić information content (AvgIpc) is 2.47. The van der Waals surface area contributed by atoms with Crippen LogP contribution >= 0.6 is 0 Å². The number of aromatic nitrogens is 2. The highest BCUT2D eigenvalue weighted by atomic mass is 16.3. The molecule has 0 atom stereocenters. The number of benzene rings is 2. The van der Waals surface area contributed by atoms with Crippen LogP contribution < -0.4 is 0 Å². The highest BCUT2D eigenvalue weighted by Crippen LogP contribution is 2.22. The molecular formula is C15H12N2O. The molecule has 3 nitrogen and oxygen atoms in total. The fourth-order valence-electron chi connectivity index (χ4n) is 1.98. The number of nitrogens with zero attached hydrogens (tertiary/aromatic N) is 2. The topological polar surface area (TPSA) is 46.0 Å². The van der Waals surface area contributed by atoms with Gasteiger partial charge in [0.15, 0.2) is 5.82 Å². The Hall–Kier alpha value is -2.26. The van der Waals surface area contributed by atoms with Gasteiger partial charge in [-0.1, -0.05) is 36.4 Å². The first-order chi connectivity index (χ1) is 8.86. The van der Waals surface area contributed by atoms with Crippen molar-refractivity contribution in [3.63, 3.8) is 0 Å². The maximum Gasteiger partial charge on any atom is 0.154 e. The molecule has 0 saturated carbocycles. The third-order valence-electron chi connectivity index (χ3n) is 2.89. The van der Waals surface area contributed by atoms with Crippen molar-refractivity contribution in [1.82, 2.24) is 9.97 Å². The Balaban J connectivity index is 2.13. The lowest BCUT2D eigenvalue weighted by Crippen LogP contribution is -1.95. The fourth-order valence-corrected chi connectivity index (χ4v) is 1.98. The molecule has 3 rings (SSSR count). The second kappa shape index (κ2) is 4.55. The first-order valence-corrected chi connectivity index (χ1v) is 5.79. The molecule has 18 heavy (non-hydrogen) atoms. The quantitative estimate of drug-likeness (QED) is 0.744. The molecule has 1 N–H and O–H groups in total. The largest absolute Gasteiger partial charge is 0.388 e. The van der Waals surface area contributed by atoms with E-state index in [9.17, 15) is 0 Å². The van der Waals surface area contributed by atoms with E-state index >= 15 is 0 Å². The summed E-state index contributed by atoms with van der Waals surface area (Å²) in [5.41, 5.74) is 1.87. The van der Waals surface area contributed by atoms with Crippen molar-refractivity contribution in [1.29, 1.82) is 0 Å². The van der Waals surface area contributed by atoms with Crippen LogP contribution in [-0.2, 0) is 6.61 Å². The molecule has 0 aliphatic rings. The summed E-state index contributed by atoms with van der Waals surface area (Å²) in [6.45, 7) is -0.137. The van der Waals surface area contributed by atoms with Gasteiger partial charge in [-0.05, 0) is 22.9 Å². The minimum absolute atomic E-state index is 0.137. The maximum absolute atomic E-state index is 9.06. The summed E-state index contributed by atoms with van der Waals surface area (Å²) in [5.74, 6) is 0.445. The molecule has 1 heterocycles. The Morgan fingerprint density at radius 2 is 1.78 bits per heavy atom. The zero-order valence-corrected chi connectivity index (χ0v) is 9.74. The maximum atomic E-state index is 9.06. The van der Waals surface area contributed by atoms with Crippen molar-refractivity contribution in [2.75, 3.05) is 0 Å². The fraction of sp³-hybridized carbons (Fsp3) is 0.0667. The molecule has 0 bridgehead atoms. The van der Waals surface area contributed by atoms with Crippen LogP contribution in [0.15, 0.2) is 54.7 Å². The number of hydrogen-bond donors (Lipinski definition) is 1. The van der Waals surface area contributed by atoms with Crippen LogP contribution in [0.3, 0.4) is 0 Å². The first kappa shape index (κ1) is 10.9. The number of aliphatic hydroxyl groups is 1. The van der Waals surface area contributed by atoms with Gasteiger partial charge in [0.1, 0.15) is 6.61 Å². The molecule has 2 aromatic carbocycles. The van der Waals surface area contributed by atoms with Gasteiger partial charge in [0.25, 0.3) is 0 Å². The number of fused-ring (bicyclic) bond motifs is 1. The van der Waals surface area contributed by atoms with Gasteiger partial charge in [-0.2, -0.15) is 0 Å². The standard InChI is InChI=1S/C15H12N2O/c18-10-15-16-8-7-14(17-15)13-6-5-11-3-1-2-4-12(11)9-13/h1-9,18H,10H2. The second-order valence-corrected chi connectivity index (χ2v) is 4.08. The van der Waals surface area contributed by atoms with E-state index in [0.717, 1.165) is 11.3 Å². The lowest BCUT2D eigenvalue weighted by molar-refractivity contribution is 0.271. The highest BCUT2D eigenvalue weighted by molar-refractivity contribution is 5.86. The smallest absolute Gasteiger partial charge is 0.154 e. The lowest BCUT2D eigenvalue weighted by Gasteiger charge is -2.04. The van der Waals surface area contributed by atoms with Crippen LogP contribution in [-0.4, -0.2) is 15.1 Å². The summed E-state index contributed by atoms with van der Waals surface area (Å²) in [7, 11) is 0. The van der Waals surface area contributed by atoms with Crippen molar-refractivity contribution >= 4 is 10.8 Å². The molecule has 0 unspecified atom stereocenters. The Labute approximate surface area is 105 Å². The van der Waals surface area contributed by atoms with E-state index < -0.39 is 0 Å². The predicted octanol–water partition coefficient (Wildman–Crippen LogP) is 2.79. The monoisotopic (exact) mass is 236 g/mol. The Morgan fingerprint density at radius 3 is 2.61 bits per heavy atom. The van der Waals surface area contributed by atoms with Gasteiger partial charge in [-0.3, -0.25) is 0 Å². The molecular weight excluding hydrogens is 224 g/mol. The van der Waals surface area contributed by atoms with Crippen molar-refractivity contribution in [2.45, 2.75) is 6.61 Å². The van der Waals surface area contributed by atoms with Gasteiger partial charge in [-0.25, -0.2) is 9.97 Å². The molecule has 3 aromatic rings. The summed E-state index contributed by atoms with van der Waals surface area (Å²) in [6.07, 6.45) is 1.67. The predicted molar refractivity (Wildman–Crippen MR) is 70.9 cm³/mol. The molecule has 0 saturated heterocycles. The zero-order valence-electron chi connectivity index (χ0n) is 9.74. The Kier molecular flexibility index (Phi) is 2.74. The number of rotatable bonds is 2. The highest BCUT2D eigenvalue weighted by Gasteiger charge is 2.02. The van der Waals surface area contributed by atoms with Gasteiger partial charge in [0.05, 0.1) is 5.69 Å². The average molecular weight is 236 g/mol. The van der Waals surface area contributed by atoms with E-state index in [2.05, 4.69) is 34.2 Å². The minimum atomic E-state index is -0.137. The molecule has 0 radical (unpaired) electrons.